The molecule has 0 aliphatic rings. The van der Waals surface area contributed by atoms with Crippen LogP contribution in [0.25, 0.3) is 11.4 Å². The van der Waals surface area contributed by atoms with Crippen LogP contribution in [0.1, 0.15) is 30.0 Å². The molecule has 2 aromatic heterocycles. The summed E-state index contributed by atoms with van der Waals surface area (Å²) in [7, 11) is 0. The van der Waals surface area contributed by atoms with E-state index in [0.717, 1.165) is 33.7 Å². The van der Waals surface area contributed by atoms with Crippen LogP contribution in [-0.2, 0) is 11.3 Å². The average molecular weight is 416 g/mol. The maximum absolute atomic E-state index is 12.3. The van der Waals surface area contributed by atoms with Crippen LogP contribution >= 0.6 is 23.1 Å². The minimum absolute atomic E-state index is 0.0880. The standard InChI is InChI=1S/C20H25N5OS2/c1-12(2)10-25-18(16-8-6-7-13(3)9-16)23-24-20(25)27-11-17(26)22-19-21-14(4)15(5)28-19/h6-9,12H,10-11H2,1-5H3,(H,21,22,26). The van der Waals surface area contributed by atoms with E-state index < -0.39 is 0 Å². The number of nitrogens with one attached hydrogen (secondary N) is 1. The van der Waals surface area contributed by atoms with Crippen LogP contribution < -0.4 is 5.32 Å². The van der Waals surface area contributed by atoms with Gasteiger partial charge in [0.1, 0.15) is 0 Å². The molecule has 2 heterocycles. The van der Waals surface area contributed by atoms with Gasteiger partial charge in [0.2, 0.25) is 5.91 Å². The fraction of sp³-hybridized carbons (Fsp3) is 0.400. The molecule has 0 saturated heterocycles. The summed E-state index contributed by atoms with van der Waals surface area (Å²) in [6.07, 6.45) is 0. The second-order valence-electron chi connectivity index (χ2n) is 7.18. The highest BCUT2D eigenvalue weighted by Crippen LogP contribution is 2.26. The van der Waals surface area contributed by atoms with Crippen molar-refractivity contribution in [2.75, 3.05) is 11.1 Å². The number of carbonyl (C=O) groups excluding carboxylic acids is 1. The Balaban J connectivity index is 1.75. The molecule has 0 aliphatic carbocycles. The van der Waals surface area contributed by atoms with Crippen LogP contribution in [0.2, 0.25) is 0 Å². The minimum Gasteiger partial charge on any atom is -0.302 e. The number of hydrogen-bond donors (Lipinski definition) is 1. The van der Waals surface area contributed by atoms with Crippen LogP contribution in [0, 0.1) is 26.7 Å². The molecule has 0 unspecified atom stereocenters. The van der Waals surface area contributed by atoms with Crippen molar-refractivity contribution < 1.29 is 4.79 Å². The molecule has 0 radical (unpaired) electrons. The molecule has 6 nitrogen and oxygen atoms in total. The highest BCUT2D eigenvalue weighted by molar-refractivity contribution is 7.99. The first-order valence-electron chi connectivity index (χ1n) is 9.20. The van der Waals surface area contributed by atoms with Gasteiger partial charge in [-0.15, -0.1) is 21.5 Å². The van der Waals surface area contributed by atoms with Crippen LogP contribution in [0.4, 0.5) is 5.13 Å². The van der Waals surface area contributed by atoms with Gasteiger partial charge in [0.05, 0.1) is 11.4 Å². The van der Waals surface area contributed by atoms with Gasteiger partial charge >= 0.3 is 0 Å². The van der Waals surface area contributed by atoms with E-state index in [4.69, 9.17) is 0 Å². The van der Waals surface area contributed by atoms with Crippen LogP contribution in [0.15, 0.2) is 29.4 Å². The van der Waals surface area contributed by atoms with Gasteiger partial charge in [-0.1, -0.05) is 49.4 Å². The monoisotopic (exact) mass is 415 g/mol. The summed E-state index contributed by atoms with van der Waals surface area (Å²) in [5, 5.41) is 13.0. The number of thiazole rings is 1. The molecular weight excluding hydrogens is 390 g/mol. The summed E-state index contributed by atoms with van der Waals surface area (Å²) in [4.78, 5) is 17.8. The zero-order chi connectivity index (χ0) is 20.3. The topological polar surface area (TPSA) is 72.7 Å². The Kier molecular flexibility index (Phi) is 6.51. The van der Waals surface area contributed by atoms with E-state index in [9.17, 15) is 4.79 Å². The quantitative estimate of drug-likeness (QED) is 0.566. The van der Waals surface area contributed by atoms with Gasteiger partial charge < -0.3 is 9.88 Å². The number of amides is 1. The van der Waals surface area contributed by atoms with Gasteiger partial charge in [0, 0.05) is 17.0 Å². The number of thioether (sulfide) groups is 1. The third-order valence-electron chi connectivity index (χ3n) is 4.15. The molecule has 0 spiro atoms. The molecule has 1 amide bonds. The van der Waals surface area contributed by atoms with Gasteiger partial charge in [-0.05, 0) is 32.8 Å². The zero-order valence-electron chi connectivity index (χ0n) is 16.8. The summed E-state index contributed by atoms with van der Waals surface area (Å²) < 4.78 is 2.11. The van der Waals surface area contributed by atoms with E-state index in [-0.39, 0.29) is 11.7 Å². The molecule has 0 bridgehead atoms. The molecule has 3 aromatic rings. The summed E-state index contributed by atoms with van der Waals surface area (Å²) in [5.41, 5.74) is 3.17. The lowest BCUT2D eigenvalue weighted by Gasteiger charge is -2.12. The largest absolute Gasteiger partial charge is 0.302 e. The normalized spacial score (nSPS) is 11.2. The fourth-order valence-corrected chi connectivity index (χ4v) is 4.31. The van der Waals surface area contributed by atoms with Crippen molar-refractivity contribution in [3.63, 3.8) is 0 Å². The Hall–Kier alpha value is -2.19. The highest BCUT2D eigenvalue weighted by atomic mass is 32.2. The van der Waals surface area contributed by atoms with Crippen molar-refractivity contribution in [2.45, 2.75) is 46.3 Å². The van der Waals surface area contributed by atoms with E-state index in [0.29, 0.717) is 11.0 Å². The molecule has 0 saturated carbocycles. The Labute approximate surface area is 173 Å². The lowest BCUT2D eigenvalue weighted by molar-refractivity contribution is -0.113. The van der Waals surface area contributed by atoms with Crippen LogP contribution in [0.5, 0.6) is 0 Å². The first-order valence-corrected chi connectivity index (χ1v) is 11.0. The van der Waals surface area contributed by atoms with Crippen molar-refractivity contribution >= 4 is 34.1 Å². The number of aromatic nitrogens is 4. The van der Waals surface area contributed by atoms with Crippen molar-refractivity contribution in [2.24, 2.45) is 5.92 Å². The van der Waals surface area contributed by atoms with Gasteiger partial charge in [0.15, 0.2) is 16.1 Å². The first-order chi connectivity index (χ1) is 13.3. The predicted octanol–water partition coefficient (Wildman–Crippen LogP) is 4.71. The van der Waals surface area contributed by atoms with Gasteiger partial charge in [-0.2, -0.15) is 0 Å². The number of anilines is 1. The SMILES string of the molecule is Cc1cccc(-c2nnc(SCC(=O)Nc3nc(C)c(C)s3)n2CC(C)C)c1. The van der Waals surface area contributed by atoms with E-state index >= 15 is 0 Å². The molecule has 28 heavy (non-hydrogen) atoms. The number of rotatable bonds is 7. The third kappa shape index (κ3) is 4.99. The minimum atomic E-state index is -0.0880. The van der Waals surface area contributed by atoms with Gasteiger partial charge in [-0.25, -0.2) is 4.98 Å². The summed E-state index contributed by atoms with van der Waals surface area (Å²) in [5.74, 6) is 1.46. The number of hydrogen-bond acceptors (Lipinski definition) is 6. The number of aryl methyl sites for hydroxylation is 3. The summed E-state index contributed by atoms with van der Waals surface area (Å²) in [6.45, 7) is 11.1. The molecule has 8 heteroatoms. The van der Waals surface area contributed by atoms with Gasteiger partial charge in [0.25, 0.3) is 0 Å². The fourth-order valence-electron chi connectivity index (χ4n) is 2.73. The van der Waals surface area contributed by atoms with E-state index in [1.54, 1.807) is 0 Å². The lowest BCUT2D eigenvalue weighted by atomic mass is 10.1. The van der Waals surface area contributed by atoms with E-state index in [2.05, 4.69) is 58.0 Å². The maximum atomic E-state index is 12.3. The predicted molar refractivity (Wildman–Crippen MR) is 116 cm³/mol. The zero-order valence-corrected chi connectivity index (χ0v) is 18.4. The molecule has 1 aromatic carbocycles. The molecule has 3 rings (SSSR count). The number of carbonyl (C=O) groups is 1. The Morgan fingerprint density at radius 2 is 2.04 bits per heavy atom. The number of nitrogens with zero attached hydrogens (tertiary/aromatic N) is 4. The number of benzene rings is 1. The molecule has 0 aliphatic heterocycles. The van der Waals surface area contributed by atoms with E-state index in [1.165, 1.54) is 28.7 Å². The smallest absolute Gasteiger partial charge is 0.236 e. The third-order valence-corrected chi connectivity index (χ3v) is 6.10. The summed E-state index contributed by atoms with van der Waals surface area (Å²) >= 11 is 2.89. The maximum Gasteiger partial charge on any atom is 0.236 e. The Morgan fingerprint density at radius 3 is 2.68 bits per heavy atom. The second-order valence-corrected chi connectivity index (χ2v) is 9.32. The Morgan fingerprint density at radius 1 is 1.25 bits per heavy atom. The van der Waals surface area contributed by atoms with Crippen molar-refractivity contribution in [1.82, 2.24) is 19.7 Å². The Bertz CT molecular complexity index is 957. The van der Waals surface area contributed by atoms with Crippen LogP contribution in [0.3, 0.4) is 0 Å². The van der Waals surface area contributed by atoms with Crippen molar-refractivity contribution in [1.29, 1.82) is 0 Å². The van der Waals surface area contributed by atoms with Crippen LogP contribution in [-0.4, -0.2) is 31.4 Å². The van der Waals surface area contributed by atoms with E-state index in [1.807, 2.05) is 26.0 Å². The van der Waals surface area contributed by atoms with Crippen molar-refractivity contribution in [3.8, 4) is 11.4 Å². The summed E-state index contributed by atoms with van der Waals surface area (Å²) in [6, 6.07) is 8.24. The molecule has 148 valence electrons. The first kappa shape index (κ1) is 20.5. The molecular formula is C20H25N5OS2. The molecule has 0 atom stereocenters. The van der Waals surface area contributed by atoms with Crippen molar-refractivity contribution in [3.05, 3.63) is 40.4 Å². The average Bonchev–Trinajstić information content (AvgIpc) is 3.15. The lowest BCUT2D eigenvalue weighted by Crippen LogP contribution is -2.15. The highest BCUT2D eigenvalue weighted by Gasteiger charge is 2.17. The molecule has 0 fully saturated rings. The molecule has 1 N–H and O–H groups in total. The second kappa shape index (κ2) is 8.87. The van der Waals surface area contributed by atoms with Gasteiger partial charge in [-0.3, -0.25) is 4.79 Å².